The molecule has 37 heavy (non-hydrogen) atoms. The highest BCUT2D eigenvalue weighted by molar-refractivity contribution is 7.10. The Labute approximate surface area is 212 Å². The van der Waals surface area contributed by atoms with Crippen LogP contribution in [0.3, 0.4) is 0 Å². The Kier molecular flexibility index (Phi) is 6.84. The minimum absolute atomic E-state index is 0.0921. The van der Waals surface area contributed by atoms with E-state index < -0.39 is 35.8 Å². The highest BCUT2D eigenvalue weighted by Crippen LogP contribution is 2.36. The summed E-state index contributed by atoms with van der Waals surface area (Å²) in [4.78, 5) is 23.6. The summed E-state index contributed by atoms with van der Waals surface area (Å²) in [6.45, 7) is 2.44. The van der Waals surface area contributed by atoms with E-state index in [0.29, 0.717) is 43.6 Å². The number of oxime groups is 1. The third-order valence-electron chi connectivity index (χ3n) is 6.65. The molecule has 0 bridgehead atoms. The number of halogens is 5. The van der Waals surface area contributed by atoms with E-state index in [-0.39, 0.29) is 23.6 Å². The monoisotopic (exact) mass is 539 g/mol. The van der Waals surface area contributed by atoms with E-state index in [0.717, 1.165) is 15.8 Å². The molecule has 2 aliphatic heterocycles. The molecule has 4 heterocycles. The summed E-state index contributed by atoms with van der Waals surface area (Å²) < 4.78 is 68.5. The Bertz CT molecular complexity index is 1310. The molecule has 196 valence electrons. The van der Waals surface area contributed by atoms with Crippen molar-refractivity contribution in [3.8, 4) is 0 Å². The highest BCUT2D eigenvalue weighted by Gasteiger charge is 2.37. The van der Waals surface area contributed by atoms with Gasteiger partial charge in [0.2, 0.25) is 0 Å². The molecule has 2 aromatic heterocycles. The molecule has 0 radical (unpaired) electrons. The number of carbonyl (C=O) groups is 1. The molecule has 2 atom stereocenters. The number of alkyl halides is 3. The molecule has 0 N–H and O–H groups in total. The van der Waals surface area contributed by atoms with Gasteiger partial charge in [-0.25, -0.2) is 18.4 Å². The van der Waals surface area contributed by atoms with Gasteiger partial charge in [-0.3, -0.25) is 9.69 Å². The van der Waals surface area contributed by atoms with Gasteiger partial charge in [-0.2, -0.15) is 18.3 Å². The average molecular weight is 540 g/mol. The largest absolute Gasteiger partial charge is 0.435 e. The van der Waals surface area contributed by atoms with Crippen LogP contribution in [0.1, 0.15) is 65.1 Å². The number of piperidine rings is 1. The maximum absolute atomic E-state index is 14.1. The summed E-state index contributed by atoms with van der Waals surface area (Å²) in [7, 11) is 0. The van der Waals surface area contributed by atoms with Gasteiger partial charge in [0.25, 0.3) is 0 Å². The summed E-state index contributed by atoms with van der Waals surface area (Å²) in [6.07, 6.45) is -4.29. The number of hydrogen-bond acceptors (Lipinski definition) is 7. The second-order valence-corrected chi connectivity index (χ2v) is 9.91. The van der Waals surface area contributed by atoms with Gasteiger partial charge in [-0.1, -0.05) is 11.2 Å². The number of aldehydes is 1. The molecule has 1 fully saturated rings. The maximum Gasteiger partial charge on any atom is 0.435 e. The topological polar surface area (TPSA) is 72.6 Å². The molecule has 0 saturated carbocycles. The molecule has 2 aliphatic rings. The van der Waals surface area contributed by atoms with E-state index in [1.165, 1.54) is 36.5 Å². The van der Waals surface area contributed by atoms with E-state index in [1.807, 2.05) is 5.38 Å². The highest BCUT2D eigenvalue weighted by atomic mass is 32.1. The second-order valence-electron chi connectivity index (χ2n) is 9.02. The first-order valence-corrected chi connectivity index (χ1v) is 12.5. The van der Waals surface area contributed by atoms with Crippen LogP contribution in [-0.2, 0) is 15.8 Å². The van der Waals surface area contributed by atoms with Crippen LogP contribution in [0.2, 0.25) is 0 Å². The smallest absolute Gasteiger partial charge is 0.387 e. The first-order valence-electron chi connectivity index (χ1n) is 11.6. The Morgan fingerprint density at radius 3 is 2.51 bits per heavy atom. The molecule has 1 unspecified atom stereocenters. The van der Waals surface area contributed by atoms with Crippen molar-refractivity contribution in [1.82, 2.24) is 19.7 Å². The van der Waals surface area contributed by atoms with Gasteiger partial charge in [0.05, 0.1) is 16.3 Å². The van der Waals surface area contributed by atoms with Gasteiger partial charge in [-0.05, 0) is 38.0 Å². The number of aryl methyl sites for hydroxylation is 1. The van der Waals surface area contributed by atoms with Crippen LogP contribution in [0, 0.1) is 18.6 Å². The van der Waals surface area contributed by atoms with Gasteiger partial charge < -0.3 is 4.84 Å². The fourth-order valence-electron chi connectivity index (χ4n) is 4.71. The van der Waals surface area contributed by atoms with Crippen molar-refractivity contribution in [2.45, 2.75) is 50.6 Å². The van der Waals surface area contributed by atoms with Crippen molar-refractivity contribution >= 4 is 23.3 Å². The Balaban J connectivity index is 1.22. The number of aromatic nitrogens is 3. The fourth-order valence-corrected chi connectivity index (χ4v) is 5.71. The van der Waals surface area contributed by atoms with Gasteiger partial charge in [0.1, 0.15) is 17.3 Å². The molecule has 13 heteroatoms. The van der Waals surface area contributed by atoms with Gasteiger partial charge in [0.15, 0.2) is 24.2 Å². The second kappa shape index (κ2) is 9.93. The molecule has 5 rings (SSSR count). The standard InChI is InChI=1S/C24H22F5N5O2S/c1-13-9-20(24(27,28)29)31-34(13)21(11-35)33-7-5-14(6-8-33)23-30-18(12-37-23)17-10-19(36-32-17)22-15(25)3-2-4-16(22)26/h2-4,9,11-12,14,19,21H,5-8,10H2,1H3/t19-,21?/m0/s1. The molecule has 0 spiro atoms. The number of nitrogens with zero attached hydrogens (tertiary/aromatic N) is 5. The van der Waals surface area contributed by atoms with Crippen LogP contribution in [-0.4, -0.2) is 44.8 Å². The number of hydrogen-bond donors (Lipinski definition) is 0. The van der Waals surface area contributed by atoms with Gasteiger partial charge in [-0.15, -0.1) is 11.3 Å². The van der Waals surface area contributed by atoms with Gasteiger partial charge in [0, 0.05) is 36.5 Å². The quantitative estimate of drug-likeness (QED) is 0.310. The molecule has 0 aliphatic carbocycles. The number of carbonyl (C=O) groups excluding carboxylic acids is 1. The van der Waals surface area contributed by atoms with Crippen LogP contribution in [0.25, 0.3) is 0 Å². The summed E-state index contributed by atoms with van der Waals surface area (Å²) in [5.74, 6) is -1.30. The van der Waals surface area contributed by atoms with Crippen molar-refractivity contribution in [1.29, 1.82) is 0 Å². The van der Waals surface area contributed by atoms with E-state index >= 15 is 0 Å². The lowest BCUT2D eigenvalue weighted by Crippen LogP contribution is -2.40. The zero-order valence-electron chi connectivity index (χ0n) is 19.6. The lowest BCUT2D eigenvalue weighted by Gasteiger charge is -2.35. The molecule has 3 aromatic rings. The first kappa shape index (κ1) is 25.5. The average Bonchev–Trinajstić information content (AvgIpc) is 3.60. The zero-order valence-corrected chi connectivity index (χ0v) is 20.4. The number of benzene rings is 1. The molecule has 7 nitrogen and oxygen atoms in total. The van der Waals surface area contributed by atoms with Crippen molar-refractivity contribution in [2.24, 2.45) is 5.16 Å². The predicted molar refractivity (Wildman–Crippen MR) is 124 cm³/mol. The van der Waals surface area contributed by atoms with Crippen LogP contribution < -0.4 is 0 Å². The van der Waals surface area contributed by atoms with Crippen molar-refractivity contribution < 1.29 is 31.6 Å². The molecule has 0 amide bonds. The van der Waals surface area contributed by atoms with E-state index in [2.05, 4.69) is 15.2 Å². The minimum Gasteiger partial charge on any atom is -0.387 e. The van der Waals surface area contributed by atoms with E-state index in [9.17, 15) is 26.7 Å². The summed E-state index contributed by atoms with van der Waals surface area (Å²) in [5.41, 5.74) is 0.149. The Morgan fingerprint density at radius 1 is 1.19 bits per heavy atom. The van der Waals surface area contributed by atoms with Crippen molar-refractivity contribution in [2.75, 3.05) is 13.1 Å². The van der Waals surface area contributed by atoms with Crippen LogP contribution in [0.5, 0.6) is 0 Å². The number of thiazole rings is 1. The maximum atomic E-state index is 14.1. The first-order chi connectivity index (χ1) is 17.7. The van der Waals surface area contributed by atoms with Crippen LogP contribution >= 0.6 is 11.3 Å². The molecular weight excluding hydrogens is 517 g/mol. The van der Waals surface area contributed by atoms with Gasteiger partial charge >= 0.3 is 6.18 Å². The van der Waals surface area contributed by atoms with Crippen molar-refractivity contribution in [3.05, 3.63) is 68.9 Å². The van der Waals surface area contributed by atoms with Crippen molar-refractivity contribution in [3.63, 3.8) is 0 Å². The third kappa shape index (κ3) is 5.01. The van der Waals surface area contributed by atoms with E-state index in [1.54, 1.807) is 4.90 Å². The summed E-state index contributed by atoms with van der Waals surface area (Å²) in [5, 5.41) is 10.3. The minimum atomic E-state index is -4.59. The normalized spacial score (nSPS) is 20.1. The number of rotatable bonds is 6. The molecule has 1 aromatic carbocycles. The van der Waals surface area contributed by atoms with E-state index in [4.69, 9.17) is 4.84 Å². The zero-order chi connectivity index (χ0) is 26.3. The van der Waals surface area contributed by atoms with Crippen LogP contribution in [0.4, 0.5) is 22.0 Å². The lowest BCUT2D eigenvalue weighted by atomic mass is 9.97. The SMILES string of the molecule is Cc1cc(C(F)(F)F)nn1C(C=O)N1CCC(c2nc(C3=NO[C@H](c4c(F)cccc4F)C3)cs2)CC1. The van der Waals surface area contributed by atoms with Crippen LogP contribution in [0.15, 0.2) is 34.8 Å². The molecular formula is C24H22F5N5O2S. The summed E-state index contributed by atoms with van der Waals surface area (Å²) in [6, 6.07) is 4.56. The Hall–Kier alpha value is -3.19. The predicted octanol–water partition coefficient (Wildman–Crippen LogP) is 5.39. The lowest BCUT2D eigenvalue weighted by molar-refractivity contribution is -0.142. The third-order valence-corrected chi connectivity index (χ3v) is 7.65. The summed E-state index contributed by atoms with van der Waals surface area (Å²) >= 11 is 1.44. The Morgan fingerprint density at radius 2 is 1.89 bits per heavy atom. The fraction of sp³-hybridized carbons (Fsp3) is 0.417. The molecule has 1 saturated heterocycles. The number of likely N-dealkylation sites (tertiary alicyclic amines) is 1.